The fraction of sp³-hybridized carbons (Fsp3) is 0.214. The van der Waals surface area contributed by atoms with Gasteiger partial charge in [-0.05, 0) is 32.0 Å². The van der Waals surface area contributed by atoms with Gasteiger partial charge >= 0.3 is 5.97 Å². The zero-order valence-corrected chi connectivity index (χ0v) is 14.1. The number of halogens is 2. The Kier molecular flexibility index (Phi) is 5.39. The molecule has 5 nitrogen and oxygen atoms in total. The number of esters is 1. The minimum atomic E-state index is -0.983. The Morgan fingerprint density at radius 1 is 1.36 bits per heavy atom. The molecule has 0 saturated heterocycles. The Balaban J connectivity index is 1.98. The molecule has 0 aliphatic heterocycles. The van der Waals surface area contributed by atoms with E-state index in [4.69, 9.17) is 27.9 Å². The molecule has 0 aromatic carbocycles. The Morgan fingerprint density at radius 2 is 2.09 bits per heavy atom. The van der Waals surface area contributed by atoms with E-state index in [1.807, 2.05) is 13.0 Å². The van der Waals surface area contributed by atoms with Crippen molar-refractivity contribution in [1.29, 1.82) is 0 Å². The van der Waals surface area contributed by atoms with Crippen LogP contribution in [0, 0.1) is 6.92 Å². The van der Waals surface area contributed by atoms with Gasteiger partial charge in [-0.2, -0.15) is 0 Å². The number of nitrogens with one attached hydrogen (secondary N) is 1. The monoisotopic (exact) mass is 358 g/mol. The van der Waals surface area contributed by atoms with E-state index in [1.165, 1.54) is 30.5 Å². The summed E-state index contributed by atoms with van der Waals surface area (Å²) in [6.07, 6.45) is 0.372. The number of hydrogen-bond acceptors (Lipinski definition) is 5. The second kappa shape index (κ2) is 7.09. The van der Waals surface area contributed by atoms with Crippen molar-refractivity contribution in [3.8, 4) is 0 Å². The van der Waals surface area contributed by atoms with Gasteiger partial charge in [0.2, 0.25) is 0 Å². The van der Waals surface area contributed by atoms with Crippen molar-refractivity contribution < 1.29 is 14.3 Å². The number of aromatic nitrogens is 1. The van der Waals surface area contributed by atoms with Crippen LogP contribution in [0.4, 0.5) is 5.82 Å². The summed E-state index contributed by atoms with van der Waals surface area (Å²) in [4.78, 5) is 29.2. The van der Waals surface area contributed by atoms with E-state index < -0.39 is 18.0 Å². The number of anilines is 1. The van der Waals surface area contributed by atoms with Gasteiger partial charge in [0.1, 0.15) is 4.88 Å². The number of carbonyl (C=O) groups is 2. The van der Waals surface area contributed by atoms with E-state index in [-0.39, 0.29) is 10.8 Å². The molecule has 0 saturated carbocycles. The fourth-order valence-electron chi connectivity index (χ4n) is 1.54. The van der Waals surface area contributed by atoms with Crippen molar-refractivity contribution in [1.82, 2.24) is 4.98 Å². The van der Waals surface area contributed by atoms with E-state index >= 15 is 0 Å². The molecule has 2 heterocycles. The molecule has 2 aromatic rings. The summed E-state index contributed by atoms with van der Waals surface area (Å²) in [7, 11) is 0. The molecule has 116 valence electrons. The van der Waals surface area contributed by atoms with Crippen LogP contribution >= 0.6 is 34.5 Å². The lowest BCUT2D eigenvalue weighted by molar-refractivity contribution is -0.123. The first-order chi connectivity index (χ1) is 10.4. The van der Waals surface area contributed by atoms with Gasteiger partial charge in [0.15, 0.2) is 11.9 Å². The maximum Gasteiger partial charge on any atom is 0.349 e. The zero-order chi connectivity index (χ0) is 16.3. The lowest BCUT2D eigenvalue weighted by Crippen LogP contribution is -2.30. The lowest BCUT2D eigenvalue weighted by atomic mass is 10.3. The number of hydrogen-bond donors (Lipinski definition) is 1. The normalized spacial score (nSPS) is 11.8. The highest BCUT2D eigenvalue weighted by Gasteiger charge is 2.21. The molecule has 1 atom stereocenters. The molecule has 0 aliphatic rings. The quantitative estimate of drug-likeness (QED) is 0.840. The number of thiophene rings is 1. The second-order valence-electron chi connectivity index (χ2n) is 4.43. The van der Waals surface area contributed by atoms with Gasteiger partial charge in [-0.25, -0.2) is 9.78 Å². The van der Waals surface area contributed by atoms with Gasteiger partial charge < -0.3 is 10.1 Å². The van der Waals surface area contributed by atoms with Crippen LogP contribution in [-0.2, 0) is 9.53 Å². The molecule has 8 heteroatoms. The van der Waals surface area contributed by atoms with Gasteiger partial charge in [0, 0.05) is 11.1 Å². The van der Waals surface area contributed by atoms with Gasteiger partial charge in [0.05, 0.1) is 10.0 Å². The summed E-state index contributed by atoms with van der Waals surface area (Å²) in [5.74, 6) is -0.916. The molecule has 1 N–H and O–H groups in total. The average Bonchev–Trinajstić information content (AvgIpc) is 2.88. The first-order valence-electron chi connectivity index (χ1n) is 6.26. The number of pyridine rings is 1. The second-order valence-corrected chi connectivity index (χ2v) is 6.56. The van der Waals surface area contributed by atoms with Crippen molar-refractivity contribution >= 4 is 52.2 Å². The van der Waals surface area contributed by atoms with Gasteiger partial charge in [-0.3, -0.25) is 4.79 Å². The maximum absolute atomic E-state index is 12.0. The topological polar surface area (TPSA) is 68.3 Å². The average molecular weight is 359 g/mol. The summed E-state index contributed by atoms with van der Waals surface area (Å²) in [5.41, 5.74) is 0. The number of amides is 1. The third kappa shape index (κ3) is 4.19. The Labute approximate surface area is 141 Å². The minimum absolute atomic E-state index is 0.158. The van der Waals surface area contributed by atoms with Gasteiger partial charge in [-0.1, -0.05) is 23.2 Å². The summed E-state index contributed by atoms with van der Waals surface area (Å²) in [5, 5.41) is 3.04. The van der Waals surface area contributed by atoms with Crippen molar-refractivity contribution in [3.63, 3.8) is 0 Å². The Bertz CT molecular complexity index is 718. The molecule has 0 bridgehead atoms. The zero-order valence-electron chi connectivity index (χ0n) is 11.7. The first kappa shape index (κ1) is 16.7. The van der Waals surface area contributed by atoms with Crippen molar-refractivity contribution in [2.45, 2.75) is 20.0 Å². The predicted molar refractivity (Wildman–Crippen MR) is 86.8 cm³/mol. The van der Waals surface area contributed by atoms with Crippen LogP contribution in [0.3, 0.4) is 0 Å². The molecule has 2 aromatic heterocycles. The maximum atomic E-state index is 12.0. The van der Waals surface area contributed by atoms with Crippen molar-refractivity contribution in [2.75, 3.05) is 5.32 Å². The van der Waals surface area contributed by atoms with E-state index in [9.17, 15) is 9.59 Å². The van der Waals surface area contributed by atoms with E-state index in [0.717, 1.165) is 4.88 Å². The summed E-state index contributed by atoms with van der Waals surface area (Å²) in [6, 6.07) is 4.92. The SMILES string of the molecule is Cc1ccc(C(=O)O[C@@H](C)C(=O)Nc2ncc(Cl)cc2Cl)s1. The summed E-state index contributed by atoms with van der Waals surface area (Å²) < 4.78 is 5.11. The highest BCUT2D eigenvalue weighted by molar-refractivity contribution is 7.13. The fourth-order valence-corrected chi connectivity index (χ4v) is 2.72. The highest BCUT2D eigenvalue weighted by atomic mass is 35.5. The number of carbonyl (C=O) groups excluding carboxylic acids is 2. The molecular formula is C14H12Cl2N2O3S. The molecule has 0 fully saturated rings. The number of aryl methyl sites for hydroxylation is 1. The summed E-state index contributed by atoms with van der Waals surface area (Å²) >= 11 is 12.9. The van der Waals surface area contributed by atoms with Crippen molar-refractivity contribution in [3.05, 3.63) is 44.2 Å². The lowest BCUT2D eigenvalue weighted by Gasteiger charge is -2.13. The predicted octanol–water partition coefficient (Wildman–Crippen LogP) is 3.94. The van der Waals surface area contributed by atoms with Gasteiger partial charge in [0.25, 0.3) is 5.91 Å². The van der Waals surface area contributed by atoms with Crippen LogP contribution in [0.25, 0.3) is 0 Å². The Morgan fingerprint density at radius 3 is 2.68 bits per heavy atom. The van der Waals surface area contributed by atoms with Gasteiger partial charge in [-0.15, -0.1) is 11.3 Å². The minimum Gasteiger partial charge on any atom is -0.448 e. The van der Waals surface area contributed by atoms with Crippen LogP contribution in [0.1, 0.15) is 21.5 Å². The Hall–Kier alpha value is -1.63. The molecule has 22 heavy (non-hydrogen) atoms. The molecule has 2 rings (SSSR count). The molecule has 1 amide bonds. The number of ether oxygens (including phenoxy) is 1. The highest BCUT2D eigenvalue weighted by Crippen LogP contribution is 2.23. The molecule has 0 radical (unpaired) electrons. The smallest absolute Gasteiger partial charge is 0.349 e. The third-order valence-electron chi connectivity index (χ3n) is 2.64. The van der Waals surface area contributed by atoms with Crippen molar-refractivity contribution in [2.24, 2.45) is 0 Å². The molecule has 0 spiro atoms. The molecular weight excluding hydrogens is 347 g/mol. The van der Waals surface area contributed by atoms with Crippen LogP contribution in [0.15, 0.2) is 24.4 Å². The number of nitrogens with zero attached hydrogens (tertiary/aromatic N) is 1. The first-order valence-corrected chi connectivity index (χ1v) is 7.83. The molecule has 0 aliphatic carbocycles. The van der Waals surface area contributed by atoms with E-state index in [2.05, 4.69) is 10.3 Å². The number of rotatable bonds is 4. The van der Waals surface area contributed by atoms with Crippen LogP contribution in [0.2, 0.25) is 10.0 Å². The third-order valence-corrected chi connectivity index (χ3v) is 4.12. The largest absolute Gasteiger partial charge is 0.448 e. The standard InChI is InChI=1S/C14H12Cl2N2O3S/c1-7-3-4-11(22-7)14(20)21-8(2)13(19)18-12-10(16)5-9(15)6-17-12/h3-6,8H,1-2H3,(H,17,18,19)/t8-/m0/s1. The van der Waals surface area contributed by atoms with Crippen LogP contribution in [0.5, 0.6) is 0 Å². The van der Waals surface area contributed by atoms with Crippen LogP contribution < -0.4 is 5.32 Å². The molecule has 0 unspecified atom stereocenters. The van der Waals surface area contributed by atoms with E-state index in [0.29, 0.717) is 9.90 Å². The summed E-state index contributed by atoms with van der Waals surface area (Å²) in [6.45, 7) is 3.35. The van der Waals surface area contributed by atoms with E-state index in [1.54, 1.807) is 6.07 Å². The van der Waals surface area contributed by atoms with Crippen LogP contribution in [-0.4, -0.2) is 23.0 Å².